The Labute approximate surface area is 140 Å². The summed E-state index contributed by atoms with van der Waals surface area (Å²) >= 11 is 1.16. The van der Waals surface area contributed by atoms with Crippen molar-refractivity contribution in [1.29, 1.82) is 5.26 Å². The Hall–Kier alpha value is -3.04. The second kappa shape index (κ2) is 6.60. The molecule has 0 atom stereocenters. The first-order valence-corrected chi connectivity index (χ1v) is 7.87. The molecule has 1 aromatic heterocycles. The highest BCUT2D eigenvalue weighted by Gasteiger charge is 2.14. The van der Waals surface area contributed by atoms with E-state index in [4.69, 9.17) is 0 Å². The molecule has 4 nitrogen and oxygen atoms in total. The van der Waals surface area contributed by atoms with E-state index in [1.54, 1.807) is 24.3 Å². The molecule has 0 unspecified atom stereocenters. The van der Waals surface area contributed by atoms with Crippen molar-refractivity contribution in [3.05, 3.63) is 81.0 Å². The van der Waals surface area contributed by atoms with Gasteiger partial charge in [-0.2, -0.15) is 10.2 Å². The predicted octanol–water partition coefficient (Wildman–Crippen LogP) is 3.83. The van der Waals surface area contributed by atoms with Crippen LogP contribution >= 0.6 is 11.3 Å². The van der Waals surface area contributed by atoms with Crippen LogP contribution in [0.5, 0.6) is 0 Å². The topological polar surface area (TPSA) is 74.0 Å². The number of fused-ring (bicyclic) bond motifs is 1. The molecule has 0 aliphatic rings. The molecule has 0 aliphatic carbocycles. The Morgan fingerprint density at radius 2 is 1.92 bits per heavy atom. The van der Waals surface area contributed by atoms with E-state index >= 15 is 0 Å². The summed E-state index contributed by atoms with van der Waals surface area (Å²) in [5.74, 6) is -0.584. The van der Waals surface area contributed by atoms with Crippen molar-refractivity contribution >= 4 is 27.0 Å². The third-order valence-electron chi connectivity index (χ3n) is 3.43. The number of aromatic nitrogens is 1. The van der Waals surface area contributed by atoms with Gasteiger partial charge in [0.15, 0.2) is 0 Å². The first-order valence-electron chi connectivity index (χ1n) is 7.05. The summed E-state index contributed by atoms with van der Waals surface area (Å²) in [7, 11) is 0. The summed E-state index contributed by atoms with van der Waals surface area (Å²) in [4.78, 5) is 16.0. The summed E-state index contributed by atoms with van der Waals surface area (Å²) in [6, 6.07) is 14.5. The number of rotatable bonds is 3. The monoisotopic (exact) mass is 338 g/mol. The van der Waals surface area contributed by atoms with Crippen molar-refractivity contribution in [1.82, 2.24) is 4.98 Å². The minimum Gasteiger partial charge on any atom is -0.510 e. The average molecular weight is 338 g/mol. The Morgan fingerprint density at radius 3 is 2.62 bits per heavy atom. The Kier molecular flexibility index (Phi) is 4.36. The molecule has 0 spiro atoms. The third-order valence-corrected chi connectivity index (χ3v) is 4.49. The average Bonchev–Trinajstić information content (AvgIpc) is 2.58. The highest BCUT2D eigenvalue weighted by Crippen LogP contribution is 2.25. The van der Waals surface area contributed by atoms with E-state index in [2.05, 4.69) is 4.98 Å². The fourth-order valence-corrected chi connectivity index (χ4v) is 3.25. The van der Waals surface area contributed by atoms with Crippen LogP contribution in [0.2, 0.25) is 0 Å². The van der Waals surface area contributed by atoms with Crippen molar-refractivity contribution in [3.63, 3.8) is 0 Å². The largest absolute Gasteiger partial charge is 0.510 e. The quantitative estimate of drug-likeness (QED) is 0.582. The highest BCUT2D eigenvalue weighted by molar-refractivity contribution is 7.19. The van der Waals surface area contributed by atoms with Crippen LogP contribution in [0, 0.1) is 17.1 Å². The lowest BCUT2D eigenvalue weighted by Gasteiger charge is -2.05. The maximum atomic E-state index is 12.9. The fourth-order valence-electron chi connectivity index (χ4n) is 2.24. The Balaban J connectivity index is 2.06. The maximum absolute atomic E-state index is 12.9. The molecule has 0 saturated carbocycles. The molecule has 24 heavy (non-hydrogen) atoms. The lowest BCUT2D eigenvalue weighted by molar-refractivity contribution is 0.402. The number of aliphatic hydroxyl groups is 1. The molecular weight excluding hydrogens is 327 g/mol. The SMILES string of the molecule is N#CC(=C(O)Cc1ccc(F)cc1)c1nc(=O)c2ccccc2s1. The van der Waals surface area contributed by atoms with E-state index in [0.29, 0.717) is 15.6 Å². The first kappa shape index (κ1) is 15.8. The molecule has 0 bridgehead atoms. The van der Waals surface area contributed by atoms with Crippen molar-refractivity contribution < 1.29 is 9.50 Å². The minimum absolute atomic E-state index is 0.0489. The highest BCUT2D eigenvalue weighted by atomic mass is 32.1. The maximum Gasteiger partial charge on any atom is 0.279 e. The van der Waals surface area contributed by atoms with E-state index in [9.17, 15) is 19.6 Å². The van der Waals surface area contributed by atoms with Crippen LogP contribution in [0.4, 0.5) is 4.39 Å². The number of hydrogen-bond acceptors (Lipinski definition) is 5. The Bertz CT molecular complexity index is 1030. The van der Waals surface area contributed by atoms with Crippen LogP contribution in [0.3, 0.4) is 0 Å². The number of benzene rings is 2. The van der Waals surface area contributed by atoms with Crippen LogP contribution in [0.15, 0.2) is 59.1 Å². The normalized spacial score (nSPS) is 11.8. The van der Waals surface area contributed by atoms with Crippen molar-refractivity contribution in [3.8, 4) is 6.07 Å². The molecular formula is C18H11FN2O2S. The number of nitrogens with zero attached hydrogens (tertiary/aromatic N) is 2. The molecule has 3 rings (SSSR count). The molecule has 1 heterocycles. The first-order chi connectivity index (χ1) is 11.6. The van der Waals surface area contributed by atoms with E-state index in [-0.39, 0.29) is 28.6 Å². The number of allylic oxidation sites excluding steroid dienone is 2. The lowest BCUT2D eigenvalue weighted by atomic mass is 10.1. The summed E-state index contributed by atoms with van der Waals surface area (Å²) in [6.45, 7) is 0. The Morgan fingerprint density at radius 1 is 1.21 bits per heavy atom. The van der Waals surface area contributed by atoms with Gasteiger partial charge in [-0.15, -0.1) is 11.3 Å². The zero-order chi connectivity index (χ0) is 17.1. The predicted molar refractivity (Wildman–Crippen MR) is 91.2 cm³/mol. The molecule has 1 N–H and O–H groups in total. The minimum atomic E-state index is -0.443. The van der Waals surface area contributed by atoms with Crippen molar-refractivity contribution in [2.24, 2.45) is 0 Å². The van der Waals surface area contributed by atoms with Crippen LogP contribution in [0.25, 0.3) is 15.7 Å². The molecule has 2 aromatic carbocycles. The van der Waals surface area contributed by atoms with Gasteiger partial charge in [-0.05, 0) is 29.8 Å². The molecule has 0 aliphatic heterocycles. The van der Waals surface area contributed by atoms with Crippen LogP contribution in [-0.4, -0.2) is 10.1 Å². The number of nitriles is 1. The summed E-state index contributed by atoms with van der Waals surface area (Å²) in [5, 5.41) is 20.3. The van der Waals surface area contributed by atoms with Gasteiger partial charge in [0.2, 0.25) is 0 Å². The number of halogens is 1. The van der Waals surface area contributed by atoms with Gasteiger partial charge in [-0.25, -0.2) is 4.39 Å². The van der Waals surface area contributed by atoms with E-state index in [1.165, 1.54) is 24.3 Å². The second-order valence-electron chi connectivity index (χ2n) is 5.06. The van der Waals surface area contributed by atoms with Crippen LogP contribution < -0.4 is 5.56 Å². The summed E-state index contributed by atoms with van der Waals surface area (Å²) in [5.41, 5.74) is 0.156. The van der Waals surface area contributed by atoms with Gasteiger partial charge >= 0.3 is 0 Å². The molecule has 0 fully saturated rings. The lowest BCUT2D eigenvalue weighted by Crippen LogP contribution is -2.08. The van der Waals surface area contributed by atoms with E-state index in [1.807, 2.05) is 6.07 Å². The number of hydrogen-bond donors (Lipinski definition) is 1. The fraction of sp³-hybridized carbons (Fsp3) is 0.0556. The summed E-state index contributed by atoms with van der Waals surface area (Å²) in [6.07, 6.45) is 0.0542. The standard InChI is InChI=1S/C18H11FN2O2S/c19-12-7-5-11(6-8-12)9-15(22)14(10-20)18-21-17(23)13-3-1-2-4-16(13)24-18/h1-8,22H,9H2. The molecule has 0 amide bonds. The van der Waals surface area contributed by atoms with Gasteiger partial charge in [0.05, 0.1) is 5.39 Å². The van der Waals surface area contributed by atoms with Gasteiger partial charge in [0, 0.05) is 11.1 Å². The summed E-state index contributed by atoms with van der Waals surface area (Å²) < 4.78 is 13.6. The van der Waals surface area contributed by atoms with Crippen LogP contribution in [-0.2, 0) is 6.42 Å². The smallest absolute Gasteiger partial charge is 0.279 e. The van der Waals surface area contributed by atoms with E-state index in [0.717, 1.165) is 11.3 Å². The third kappa shape index (κ3) is 3.16. The van der Waals surface area contributed by atoms with Gasteiger partial charge < -0.3 is 5.11 Å². The molecule has 0 radical (unpaired) electrons. The molecule has 3 aromatic rings. The van der Waals surface area contributed by atoms with Gasteiger partial charge in [-0.1, -0.05) is 24.3 Å². The molecule has 118 valence electrons. The van der Waals surface area contributed by atoms with Gasteiger partial charge in [0.25, 0.3) is 5.56 Å². The van der Waals surface area contributed by atoms with E-state index < -0.39 is 5.56 Å². The molecule has 6 heteroatoms. The second-order valence-corrected chi connectivity index (χ2v) is 6.09. The molecule has 0 saturated heterocycles. The van der Waals surface area contributed by atoms with Gasteiger partial charge in [-0.3, -0.25) is 4.79 Å². The van der Waals surface area contributed by atoms with Crippen LogP contribution in [0.1, 0.15) is 10.6 Å². The van der Waals surface area contributed by atoms with Gasteiger partial charge in [0.1, 0.15) is 28.2 Å². The van der Waals surface area contributed by atoms with Crippen molar-refractivity contribution in [2.45, 2.75) is 6.42 Å². The number of aliphatic hydroxyl groups excluding tert-OH is 1. The van der Waals surface area contributed by atoms with Crippen molar-refractivity contribution in [2.75, 3.05) is 0 Å². The zero-order valence-corrected chi connectivity index (χ0v) is 13.2. The zero-order valence-electron chi connectivity index (χ0n) is 12.4.